The van der Waals surface area contributed by atoms with Crippen molar-refractivity contribution in [2.45, 2.75) is 44.8 Å². The first kappa shape index (κ1) is 22.3. The molecule has 0 unspecified atom stereocenters. The summed E-state index contributed by atoms with van der Waals surface area (Å²) in [5.41, 5.74) is 4.83. The molecule has 0 aliphatic heterocycles. The summed E-state index contributed by atoms with van der Waals surface area (Å²) in [7, 11) is 0. The molecule has 0 aromatic heterocycles. The topological polar surface area (TPSA) is 104 Å². The van der Waals surface area contributed by atoms with Gasteiger partial charge in [0.15, 0.2) is 11.6 Å². The molecule has 2 rings (SSSR count). The van der Waals surface area contributed by atoms with E-state index in [9.17, 15) is 29.8 Å². The highest BCUT2D eigenvalue weighted by atomic mass is 19.1. The fourth-order valence-corrected chi connectivity index (χ4v) is 2.89. The fourth-order valence-electron chi connectivity index (χ4n) is 2.89. The number of aliphatic hydroxyl groups excluding tert-OH is 2. The summed E-state index contributed by atoms with van der Waals surface area (Å²) < 4.78 is 13.4. The van der Waals surface area contributed by atoms with Gasteiger partial charge in [-0.2, -0.15) is 0 Å². The Kier molecular flexibility index (Phi) is 8.09. The maximum Gasteiger partial charge on any atom is 0.269 e. The summed E-state index contributed by atoms with van der Waals surface area (Å²) in [5, 5.41) is 40.6. The van der Waals surface area contributed by atoms with Gasteiger partial charge in [0.25, 0.3) is 5.69 Å². The molecule has 2 aromatic rings. The third kappa shape index (κ3) is 6.54. The smallest absolute Gasteiger partial charge is 0.269 e. The summed E-state index contributed by atoms with van der Waals surface area (Å²) >= 11 is 0. The summed E-state index contributed by atoms with van der Waals surface area (Å²) in [4.78, 5) is 10.2. The number of phenols is 1. The van der Waals surface area contributed by atoms with Crippen molar-refractivity contribution < 1.29 is 24.6 Å². The van der Waals surface area contributed by atoms with Gasteiger partial charge in [-0.05, 0) is 53.5 Å². The van der Waals surface area contributed by atoms with E-state index in [0.717, 1.165) is 18.1 Å². The first-order valence-corrected chi connectivity index (χ1v) is 9.33. The van der Waals surface area contributed by atoms with Crippen molar-refractivity contribution >= 4 is 5.69 Å². The molecule has 0 spiro atoms. The molecule has 0 aliphatic rings. The standard InChI is InChI=1S/C22H24FNO5/c1-2-4-15(13-22(27)16-7-10-18(11-8-16)24(28)29)5-3-6-20(25)17-9-12-21(26)19(23)14-17/h3,7-12,14,20,22,25-27H,2,4,6,13H2,1H3/t5?,20-,22-/m1/s1. The normalized spacial score (nSPS) is 12.7. The second-order valence-electron chi connectivity index (χ2n) is 6.73. The Balaban J connectivity index is 2.07. The Morgan fingerprint density at radius 1 is 1.17 bits per heavy atom. The van der Waals surface area contributed by atoms with Crippen molar-refractivity contribution in [1.82, 2.24) is 0 Å². The van der Waals surface area contributed by atoms with Crippen LogP contribution in [0, 0.1) is 15.9 Å². The molecular weight excluding hydrogens is 377 g/mol. The Labute approximate surface area is 168 Å². The van der Waals surface area contributed by atoms with Gasteiger partial charge in [0.1, 0.15) is 0 Å². The van der Waals surface area contributed by atoms with Crippen LogP contribution in [0.3, 0.4) is 0 Å². The van der Waals surface area contributed by atoms with Crippen molar-refractivity contribution in [3.63, 3.8) is 0 Å². The van der Waals surface area contributed by atoms with Gasteiger partial charge >= 0.3 is 0 Å². The maximum atomic E-state index is 13.4. The van der Waals surface area contributed by atoms with Gasteiger partial charge in [-0.1, -0.05) is 19.4 Å². The lowest BCUT2D eigenvalue weighted by atomic mass is 9.98. The van der Waals surface area contributed by atoms with E-state index >= 15 is 0 Å². The second kappa shape index (κ2) is 10.5. The minimum atomic E-state index is -0.944. The number of nitro groups is 1. The van der Waals surface area contributed by atoms with E-state index in [0.29, 0.717) is 24.0 Å². The SMILES string of the molecule is CCCC(=C=CC[C@@H](O)c1ccc(O)c(F)c1)C[C@@H](O)c1ccc([N+](=O)[O-])cc1. The molecule has 0 aliphatic carbocycles. The number of nitro benzene ring substituents is 1. The number of non-ortho nitro benzene ring substituents is 1. The van der Waals surface area contributed by atoms with Crippen molar-refractivity contribution in [2.75, 3.05) is 0 Å². The molecule has 0 saturated carbocycles. The lowest BCUT2D eigenvalue weighted by Gasteiger charge is -2.12. The number of rotatable bonds is 9. The number of aliphatic hydroxyl groups is 2. The average Bonchev–Trinajstić information content (AvgIpc) is 2.70. The third-order valence-corrected chi connectivity index (χ3v) is 4.48. The molecule has 0 radical (unpaired) electrons. The number of halogens is 1. The zero-order valence-corrected chi connectivity index (χ0v) is 16.1. The van der Waals surface area contributed by atoms with Crippen LogP contribution in [0.15, 0.2) is 59.8 Å². The highest BCUT2D eigenvalue weighted by Gasteiger charge is 2.13. The van der Waals surface area contributed by atoms with E-state index in [1.165, 1.54) is 36.4 Å². The lowest BCUT2D eigenvalue weighted by Crippen LogP contribution is -2.00. The molecule has 6 nitrogen and oxygen atoms in total. The molecule has 0 heterocycles. The Hall–Kier alpha value is -2.99. The summed E-state index contributed by atoms with van der Waals surface area (Å²) in [5.74, 6) is -1.26. The van der Waals surface area contributed by atoms with Crippen LogP contribution < -0.4 is 0 Å². The average molecular weight is 401 g/mol. The van der Waals surface area contributed by atoms with Gasteiger partial charge in [-0.15, -0.1) is 5.73 Å². The van der Waals surface area contributed by atoms with E-state index in [2.05, 4.69) is 5.73 Å². The number of hydrogen-bond donors (Lipinski definition) is 3. The van der Waals surface area contributed by atoms with Gasteiger partial charge in [-0.25, -0.2) is 4.39 Å². The zero-order chi connectivity index (χ0) is 21.4. The van der Waals surface area contributed by atoms with E-state index in [1.54, 1.807) is 6.08 Å². The number of benzene rings is 2. The Bertz CT molecular complexity index is 904. The second-order valence-corrected chi connectivity index (χ2v) is 6.73. The van der Waals surface area contributed by atoms with Crippen LogP contribution in [0.25, 0.3) is 0 Å². The Morgan fingerprint density at radius 2 is 1.83 bits per heavy atom. The first-order chi connectivity index (χ1) is 13.8. The molecule has 0 amide bonds. The zero-order valence-electron chi connectivity index (χ0n) is 16.1. The minimum Gasteiger partial charge on any atom is -0.505 e. The van der Waals surface area contributed by atoms with Gasteiger partial charge in [0, 0.05) is 25.0 Å². The van der Waals surface area contributed by atoms with E-state index in [4.69, 9.17) is 0 Å². The van der Waals surface area contributed by atoms with Crippen LogP contribution in [-0.4, -0.2) is 20.2 Å². The number of hydrogen-bond acceptors (Lipinski definition) is 5. The molecule has 2 atom stereocenters. The number of nitrogens with zero attached hydrogens (tertiary/aromatic N) is 1. The molecule has 7 heteroatoms. The largest absolute Gasteiger partial charge is 0.505 e. The van der Waals surface area contributed by atoms with Crippen LogP contribution in [0.1, 0.15) is 55.9 Å². The molecule has 2 aromatic carbocycles. The predicted octanol–water partition coefficient (Wildman–Crippen LogP) is 4.87. The van der Waals surface area contributed by atoms with Gasteiger partial charge < -0.3 is 15.3 Å². The molecule has 3 N–H and O–H groups in total. The highest BCUT2D eigenvalue weighted by Crippen LogP contribution is 2.26. The Morgan fingerprint density at radius 3 is 2.41 bits per heavy atom. The van der Waals surface area contributed by atoms with Crippen LogP contribution in [0.4, 0.5) is 10.1 Å². The van der Waals surface area contributed by atoms with Crippen LogP contribution in [0.2, 0.25) is 0 Å². The molecular formula is C22H24FNO5. The molecule has 0 bridgehead atoms. The fraction of sp³-hybridized carbons (Fsp3) is 0.318. The van der Waals surface area contributed by atoms with Gasteiger partial charge in [0.2, 0.25) is 0 Å². The molecule has 29 heavy (non-hydrogen) atoms. The van der Waals surface area contributed by atoms with Crippen LogP contribution in [-0.2, 0) is 0 Å². The summed E-state index contributed by atoms with van der Waals surface area (Å²) in [6.07, 6.45) is 1.92. The summed E-state index contributed by atoms with van der Waals surface area (Å²) in [6, 6.07) is 9.49. The van der Waals surface area contributed by atoms with Crippen LogP contribution in [0.5, 0.6) is 5.75 Å². The van der Waals surface area contributed by atoms with Crippen molar-refractivity contribution in [1.29, 1.82) is 0 Å². The molecule has 0 fully saturated rings. The van der Waals surface area contributed by atoms with E-state index in [-0.39, 0.29) is 12.1 Å². The van der Waals surface area contributed by atoms with Crippen molar-refractivity contribution in [3.8, 4) is 5.75 Å². The predicted molar refractivity (Wildman–Crippen MR) is 107 cm³/mol. The van der Waals surface area contributed by atoms with E-state index in [1.807, 2.05) is 6.92 Å². The lowest BCUT2D eigenvalue weighted by molar-refractivity contribution is -0.384. The number of aromatic hydroxyl groups is 1. The minimum absolute atomic E-state index is 0.0372. The molecule has 0 saturated heterocycles. The van der Waals surface area contributed by atoms with Crippen molar-refractivity contribution in [3.05, 3.63) is 86.9 Å². The van der Waals surface area contributed by atoms with Crippen molar-refractivity contribution in [2.24, 2.45) is 0 Å². The monoisotopic (exact) mass is 401 g/mol. The number of phenolic OH excluding ortho intramolecular Hbond substituents is 1. The van der Waals surface area contributed by atoms with Crippen LogP contribution >= 0.6 is 0 Å². The van der Waals surface area contributed by atoms with Gasteiger partial charge in [0.05, 0.1) is 17.1 Å². The summed E-state index contributed by atoms with van der Waals surface area (Å²) in [6.45, 7) is 1.99. The first-order valence-electron chi connectivity index (χ1n) is 9.33. The molecule has 154 valence electrons. The van der Waals surface area contributed by atoms with E-state index < -0.39 is 28.7 Å². The maximum absolute atomic E-state index is 13.4. The highest BCUT2D eigenvalue weighted by molar-refractivity contribution is 5.34. The third-order valence-electron chi connectivity index (χ3n) is 4.48. The van der Waals surface area contributed by atoms with Gasteiger partial charge in [-0.3, -0.25) is 10.1 Å². The quantitative estimate of drug-likeness (QED) is 0.316.